The van der Waals surface area contributed by atoms with E-state index in [4.69, 9.17) is 4.74 Å². The summed E-state index contributed by atoms with van der Waals surface area (Å²) in [4.78, 5) is 26.8. The number of ether oxygens (including phenoxy) is 1. The van der Waals surface area contributed by atoms with E-state index in [1.165, 1.54) is 5.56 Å². The molecule has 0 bridgehead atoms. The Bertz CT molecular complexity index is 861. The van der Waals surface area contributed by atoms with Gasteiger partial charge in [-0.25, -0.2) is 0 Å². The molecule has 1 fully saturated rings. The molecule has 0 spiro atoms. The highest BCUT2D eigenvalue weighted by Gasteiger charge is 2.17. The molecule has 1 aliphatic heterocycles. The Morgan fingerprint density at radius 1 is 1.03 bits per heavy atom. The Labute approximate surface area is 183 Å². The van der Waals surface area contributed by atoms with E-state index in [-0.39, 0.29) is 24.5 Å². The fourth-order valence-corrected chi connectivity index (χ4v) is 3.55. The minimum atomic E-state index is -0.339. The molecule has 1 aliphatic rings. The molecule has 2 aromatic carbocycles. The summed E-state index contributed by atoms with van der Waals surface area (Å²) >= 11 is 0. The number of aliphatic hydroxyl groups is 1. The lowest BCUT2D eigenvalue weighted by Crippen LogP contribution is -2.36. The van der Waals surface area contributed by atoms with Crippen LogP contribution >= 0.6 is 0 Å². The van der Waals surface area contributed by atoms with E-state index in [0.717, 1.165) is 38.0 Å². The molecule has 1 heterocycles. The number of hydrogen-bond donors (Lipinski definition) is 3. The van der Waals surface area contributed by atoms with Gasteiger partial charge in [-0.05, 0) is 43.0 Å². The molecule has 31 heavy (non-hydrogen) atoms. The zero-order valence-electron chi connectivity index (χ0n) is 18.0. The number of likely N-dealkylation sites (tertiary alicyclic amines) is 1. The van der Waals surface area contributed by atoms with Gasteiger partial charge in [-0.2, -0.15) is 0 Å². The molecule has 166 valence electrons. The number of aliphatic hydroxyl groups excluding tert-OH is 1. The molecule has 3 rings (SSSR count). The molecule has 7 heteroatoms. The lowest BCUT2D eigenvalue weighted by Gasteiger charge is -2.29. The first-order valence-corrected chi connectivity index (χ1v) is 10.8. The van der Waals surface area contributed by atoms with Gasteiger partial charge in [0.25, 0.3) is 5.91 Å². The van der Waals surface area contributed by atoms with Gasteiger partial charge >= 0.3 is 0 Å². The maximum absolute atomic E-state index is 12.3. The summed E-state index contributed by atoms with van der Waals surface area (Å²) in [5, 5.41) is 15.1. The summed E-state index contributed by atoms with van der Waals surface area (Å²) in [7, 11) is 0. The number of nitrogens with zero attached hydrogens (tertiary/aromatic N) is 1. The highest BCUT2D eigenvalue weighted by Crippen LogP contribution is 2.17. The van der Waals surface area contributed by atoms with Crippen LogP contribution < -0.4 is 15.4 Å². The average Bonchev–Trinajstić information content (AvgIpc) is 2.79. The number of carbonyl (C=O) groups excluding carboxylic acids is 2. The zero-order chi connectivity index (χ0) is 22.1. The van der Waals surface area contributed by atoms with Gasteiger partial charge in [-0.3, -0.25) is 14.5 Å². The Hall–Kier alpha value is -2.90. The summed E-state index contributed by atoms with van der Waals surface area (Å²) < 4.78 is 5.46. The lowest BCUT2D eigenvalue weighted by atomic mass is 10.1. The van der Waals surface area contributed by atoms with Crippen molar-refractivity contribution in [3.63, 3.8) is 0 Å². The fraction of sp³-hybridized carbons (Fsp3) is 0.417. The highest BCUT2D eigenvalue weighted by molar-refractivity contribution is 5.98. The van der Waals surface area contributed by atoms with Crippen LogP contribution in [-0.2, 0) is 17.9 Å². The molecule has 0 radical (unpaired) electrons. The van der Waals surface area contributed by atoms with Crippen molar-refractivity contribution in [3.05, 3.63) is 65.2 Å². The number of nitrogens with one attached hydrogen (secondary N) is 2. The number of rotatable bonds is 9. The zero-order valence-corrected chi connectivity index (χ0v) is 18.0. The fourth-order valence-electron chi connectivity index (χ4n) is 3.55. The van der Waals surface area contributed by atoms with Crippen molar-refractivity contribution in [1.82, 2.24) is 15.5 Å². The molecule has 1 saturated heterocycles. The number of amides is 2. The van der Waals surface area contributed by atoms with Gasteiger partial charge in [0.05, 0.1) is 24.8 Å². The van der Waals surface area contributed by atoms with E-state index < -0.39 is 0 Å². The number of carbonyl (C=O) groups is 2. The third-order valence-electron chi connectivity index (χ3n) is 5.32. The van der Waals surface area contributed by atoms with Crippen molar-refractivity contribution in [2.75, 3.05) is 26.2 Å². The van der Waals surface area contributed by atoms with E-state index in [2.05, 4.69) is 27.7 Å². The molecule has 7 nitrogen and oxygen atoms in total. The van der Waals surface area contributed by atoms with Crippen LogP contribution in [0.15, 0.2) is 48.5 Å². The SMILES string of the molecule is CCOc1ccccc1C(=O)NCC(=O)NCc1ccc(CN2CCC(O)CC2)cc1. The van der Waals surface area contributed by atoms with Crippen molar-refractivity contribution in [2.24, 2.45) is 0 Å². The Morgan fingerprint density at radius 3 is 2.42 bits per heavy atom. The van der Waals surface area contributed by atoms with Gasteiger partial charge in [0, 0.05) is 26.2 Å². The van der Waals surface area contributed by atoms with Gasteiger partial charge in [0.2, 0.25) is 5.91 Å². The Balaban J connectivity index is 1.41. The van der Waals surface area contributed by atoms with Gasteiger partial charge in [0.1, 0.15) is 5.75 Å². The van der Waals surface area contributed by atoms with Gasteiger partial charge in [-0.15, -0.1) is 0 Å². The minimum Gasteiger partial charge on any atom is -0.493 e. The van der Waals surface area contributed by atoms with Crippen molar-refractivity contribution in [1.29, 1.82) is 0 Å². The molecule has 2 amide bonds. The summed E-state index contributed by atoms with van der Waals surface area (Å²) in [5.41, 5.74) is 2.63. The van der Waals surface area contributed by atoms with Crippen LogP contribution in [0.4, 0.5) is 0 Å². The third-order valence-corrected chi connectivity index (χ3v) is 5.32. The molecule has 0 atom stereocenters. The van der Waals surface area contributed by atoms with Crippen LogP contribution in [0.1, 0.15) is 41.3 Å². The lowest BCUT2D eigenvalue weighted by molar-refractivity contribution is -0.120. The molecular weight excluding hydrogens is 394 g/mol. The van der Waals surface area contributed by atoms with Crippen molar-refractivity contribution >= 4 is 11.8 Å². The molecule has 2 aromatic rings. The van der Waals surface area contributed by atoms with Crippen LogP contribution in [-0.4, -0.2) is 54.2 Å². The van der Waals surface area contributed by atoms with Gasteiger partial charge in [0.15, 0.2) is 0 Å². The molecule has 0 saturated carbocycles. The molecule has 0 aliphatic carbocycles. The van der Waals surface area contributed by atoms with Crippen LogP contribution in [0.25, 0.3) is 0 Å². The average molecular weight is 426 g/mol. The van der Waals surface area contributed by atoms with E-state index in [0.29, 0.717) is 24.5 Å². The summed E-state index contributed by atoms with van der Waals surface area (Å²) in [6.07, 6.45) is 1.50. The standard InChI is InChI=1S/C24H31N3O4/c1-2-31-22-6-4-3-5-21(22)24(30)26-16-23(29)25-15-18-7-9-19(10-8-18)17-27-13-11-20(28)12-14-27/h3-10,20,28H,2,11-17H2,1H3,(H,25,29)(H,26,30). The van der Waals surface area contributed by atoms with Crippen molar-refractivity contribution in [3.8, 4) is 5.75 Å². The summed E-state index contributed by atoms with van der Waals surface area (Å²) in [6, 6.07) is 15.1. The van der Waals surface area contributed by atoms with Gasteiger partial charge < -0.3 is 20.5 Å². The number of hydrogen-bond acceptors (Lipinski definition) is 5. The molecule has 3 N–H and O–H groups in total. The van der Waals surface area contributed by atoms with Crippen LogP contribution in [0, 0.1) is 0 Å². The Kier molecular flexibility index (Phi) is 8.44. The second-order valence-corrected chi connectivity index (χ2v) is 7.71. The van der Waals surface area contributed by atoms with Crippen LogP contribution in [0.2, 0.25) is 0 Å². The summed E-state index contributed by atoms with van der Waals surface area (Å²) in [5.74, 6) is -0.0873. The first-order chi connectivity index (χ1) is 15.0. The topological polar surface area (TPSA) is 90.9 Å². The third kappa shape index (κ3) is 7.08. The molecule has 0 unspecified atom stereocenters. The molecular formula is C24H31N3O4. The quantitative estimate of drug-likeness (QED) is 0.572. The maximum Gasteiger partial charge on any atom is 0.255 e. The largest absolute Gasteiger partial charge is 0.493 e. The Morgan fingerprint density at radius 2 is 1.71 bits per heavy atom. The van der Waals surface area contributed by atoms with Crippen LogP contribution in [0.5, 0.6) is 5.75 Å². The van der Waals surface area contributed by atoms with Crippen LogP contribution in [0.3, 0.4) is 0 Å². The first-order valence-electron chi connectivity index (χ1n) is 10.8. The van der Waals surface area contributed by atoms with E-state index in [1.807, 2.05) is 19.1 Å². The predicted molar refractivity (Wildman–Crippen MR) is 119 cm³/mol. The molecule has 0 aromatic heterocycles. The second-order valence-electron chi connectivity index (χ2n) is 7.71. The first kappa shape index (κ1) is 22.8. The van der Waals surface area contributed by atoms with Crippen molar-refractivity contribution in [2.45, 2.75) is 39.0 Å². The number of piperidine rings is 1. The maximum atomic E-state index is 12.3. The van der Waals surface area contributed by atoms with E-state index in [9.17, 15) is 14.7 Å². The highest BCUT2D eigenvalue weighted by atomic mass is 16.5. The monoisotopic (exact) mass is 425 g/mol. The minimum absolute atomic E-state index is 0.0990. The number of para-hydroxylation sites is 1. The van der Waals surface area contributed by atoms with E-state index >= 15 is 0 Å². The second kappa shape index (κ2) is 11.5. The normalized spacial score (nSPS) is 14.8. The van der Waals surface area contributed by atoms with Crippen molar-refractivity contribution < 1.29 is 19.4 Å². The summed E-state index contributed by atoms with van der Waals surface area (Å²) in [6.45, 7) is 5.32. The number of benzene rings is 2. The predicted octanol–water partition coefficient (Wildman–Crippen LogP) is 2.09. The van der Waals surface area contributed by atoms with Gasteiger partial charge in [-0.1, -0.05) is 36.4 Å². The van der Waals surface area contributed by atoms with E-state index in [1.54, 1.807) is 24.3 Å². The smallest absolute Gasteiger partial charge is 0.255 e.